The molecule has 116 valence electrons. The molecule has 2 rings (SSSR count). The van der Waals surface area contributed by atoms with Gasteiger partial charge in [0.25, 0.3) is 0 Å². The standard InChI is InChI=1S/C12H15F3N4O2/c13-12(14,15)7-11(20)17-8-9-16-2-1-10(18-9)19-3-5-21-6-4-19/h1-2H,3-8H2,(H,17,20). The largest absolute Gasteiger partial charge is 0.397 e. The second-order valence-corrected chi connectivity index (χ2v) is 4.50. The first-order valence-corrected chi connectivity index (χ1v) is 6.42. The Hall–Kier alpha value is -1.90. The van der Waals surface area contributed by atoms with Crippen molar-refractivity contribution in [1.82, 2.24) is 15.3 Å². The van der Waals surface area contributed by atoms with Gasteiger partial charge in [-0.1, -0.05) is 0 Å². The van der Waals surface area contributed by atoms with Crippen molar-refractivity contribution in [3.8, 4) is 0 Å². The van der Waals surface area contributed by atoms with E-state index in [2.05, 4.69) is 15.3 Å². The number of hydrogen-bond acceptors (Lipinski definition) is 5. The van der Waals surface area contributed by atoms with Crippen LogP contribution in [0.25, 0.3) is 0 Å². The summed E-state index contributed by atoms with van der Waals surface area (Å²) >= 11 is 0. The maximum Gasteiger partial charge on any atom is 0.397 e. The van der Waals surface area contributed by atoms with Crippen LogP contribution in [-0.4, -0.2) is 48.4 Å². The molecule has 0 bridgehead atoms. The smallest absolute Gasteiger partial charge is 0.378 e. The number of nitrogens with one attached hydrogen (secondary N) is 1. The summed E-state index contributed by atoms with van der Waals surface area (Å²) in [5, 5.41) is 2.16. The van der Waals surface area contributed by atoms with Crippen molar-refractivity contribution >= 4 is 11.7 Å². The van der Waals surface area contributed by atoms with Crippen molar-refractivity contribution in [1.29, 1.82) is 0 Å². The molecule has 1 aliphatic rings. The van der Waals surface area contributed by atoms with Crippen LogP contribution >= 0.6 is 0 Å². The highest BCUT2D eigenvalue weighted by atomic mass is 19.4. The predicted molar refractivity (Wildman–Crippen MR) is 67.6 cm³/mol. The molecule has 1 aliphatic heterocycles. The number of morpholine rings is 1. The van der Waals surface area contributed by atoms with Crippen molar-refractivity contribution < 1.29 is 22.7 Å². The molecule has 0 aromatic carbocycles. The molecule has 1 aromatic heterocycles. The van der Waals surface area contributed by atoms with E-state index >= 15 is 0 Å². The van der Waals surface area contributed by atoms with E-state index in [0.717, 1.165) is 0 Å². The van der Waals surface area contributed by atoms with Gasteiger partial charge in [0.15, 0.2) is 0 Å². The molecule has 9 heteroatoms. The van der Waals surface area contributed by atoms with E-state index in [-0.39, 0.29) is 12.4 Å². The molecule has 0 unspecified atom stereocenters. The van der Waals surface area contributed by atoms with Crippen LogP contribution in [0.3, 0.4) is 0 Å². The lowest BCUT2D eigenvalue weighted by atomic mass is 10.3. The Balaban J connectivity index is 1.90. The molecule has 0 saturated carbocycles. The molecule has 1 amide bonds. The van der Waals surface area contributed by atoms with E-state index in [1.807, 2.05) is 4.90 Å². The van der Waals surface area contributed by atoms with Crippen LogP contribution in [0.15, 0.2) is 12.3 Å². The molecule has 0 atom stereocenters. The molecule has 21 heavy (non-hydrogen) atoms. The van der Waals surface area contributed by atoms with Gasteiger partial charge in [0.1, 0.15) is 18.1 Å². The van der Waals surface area contributed by atoms with Crippen molar-refractivity contribution in [2.45, 2.75) is 19.1 Å². The maximum absolute atomic E-state index is 12.0. The number of anilines is 1. The molecule has 1 aromatic rings. The monoisotopic (exact) mass is 304 g/mol. The van der Waals surface area contributed by atoms with Crippen LogP contribution in [-0.2, 0) is 16.1 Å². The zero-order chi connectivity index (χ0) is 15.3. The molecular formula is C12H15F3N4O2. The van der Waals surface area contributed by atoms with Crippen LogP contribution in [0.4, 0.5) is 19.0 Å². The number of halogens is 3. The Morgan fingerprint density at radius 2 is 2.10 bits per heavy atom. The quantitative estimate of drug-likeness (QED) is 0.894. The second kappa shape index (κ2) is 6.70. The van der Waals surface area contributed by atoms with Crippen molar-refractivity contribution in [2.24, 2.45) is 0 Å². The molecule has 0 aliphatic carbocycles. The number of alkyl halides is 3. The van der Waals surface area contributed by atoms with Crippen molar-refractivity contribution in [3.05, 3.63) is 18.1 Å². The van der Waals surface area contributed by atoms with Gasteiger partial charge in [-0.2, -0.15) is 13.2 Å². The number of ether oxygens (including phenoxy) is 1. The summed E-state index contributed by atoms with van der Waals surface area (Å²) < 4.78 is 41.3. The normalized spacial score (nSPS) is 15.9. The first-order chi connectivity index (χ1) is 9.94. The highest BCUT2D eigenvalue weighted by molar-refractivity contribution is 5.76. The van der Waals surface area contributed by atoms with Gasteiger partial charge in [-0.05, 0) is 6.07 Å². The highest BCUT2D eigenvalue weighted by Gasteiger charge is 2.31. The SMILES string of the molecule is O=C(CC(F)(F)F)NCc1nccc(N2CCOCC2)n1. The zero-order valence-corrected chi connectivity index (χ0v) is 11.2. The Morgan fingerprint density at radius 3 is 2.76 bits per heavy atom. The van der Waals surface area contributed by atoms with E-state index in [4.69, 9.17) is 4.74 Å². The molecule has 6 nitrogen and oxygen atoms in total. The van der Waals surface area contributed by atoms with Crippen molar-refractivity contribution in [3.63, 3.8) is 0 Å². The topological polar surface area (TPSA) is 67.4 Å². The van der Waals surface area contributed by atoms with Crippen LogP contribution in [0, 0.1) is 0 Å². The third-order valence-corrected chi connectivity index (χ3v) is 2.83. The summed E-state index contributed by atoms with van der Waals surface area (Å²) in [5.74, 6) is -0.147. The Bertz CT molecular complexity index is 490. The number of amides is 1. The van der Waals surface area contributed by atoms with E-state index in [0.29, 0.717) is 32.1 Å². The predicted octanol–water partition coefficient (Wildman–Crippen LogP) is 0.882. The first kappa shape index (κ1) is 15.5. The van der Waals surface area contributed by atoms with Gasteiger partial charge >= 0.3 is 6.18 Å². The van der Waals surface area contributed by atoms with Gasteiger partial charge in [0.05, 0.1) is 19.8 Å². The first-order valence-electron chi connectivity index (χ1n) is 6.42. The number of rotatable bonds is 4. The fourth-order valence-electron chi connectivity index (χ4n) is 1.86. The summed E-state index contributed by atoms with van der Waals surface area (Å²) in [6.45, 7) is 2.45. The van der Waals surface area contributed by atoms with E-state index < -0.39 is 18.5 Å². The lowest BCUT2D eigenvalue weighted by Gasteiger charge is -2.27. The summed E-state index contributed by atoms with van der Waals surface area (Å²) in [5.41, 5.74) is 0. The molecule has 1 saturated heterocycles. The van der Waals surface area contributed by atoms with Gasteiger partial charge < -0.3 is 15.0 Å². The van der Waals surface area contributed by atoms with Crippen molar-refractivity contribution in [2.75, 3.05) is 31.2 Å². The van der Waals surface area contributed by atoms with E-state index in [9.17, 15) is 18.0 Å². The molecule has 1 fully saturated rings. The number of hydrogen-bond donors (Lipinski definition) is 1. The lowest BCUT2D eigenvalue weighted by molar-refractivity contribution is -0.153. The van der Waals surface area contributed by atoms with E-state index in [1.165, 1.54) is 6.20 Å². The van der Waals surface area contributed by atoms with E-state index in [1.54, 1.807) is 6.07 Å². The number of nitrogens with zero attached hydrogens (tertiary/aromatic N) is 3. The van der Waals surface area contributed by atoms with Crippen LogP contribution in [0.2, 0.25) is 0 Å². The van der Waals surface area contributed by atoms with Gasteiger partial charge in [0, 0.05) is 19.3 Å². The maximum atomic E-state index is 12.0. The average Bonchev–Trinajstić information content (AvgIpc) is 2.45. The van der Waals surface area contributed by atoms with Crippen LogP contribution < -0.4 is 10.2 Å². The minimum atomic E-state index is -4.51. The Morgan fingerprint density at radius 1 is 1.38 bits per heavy atom. The minimum Gasteiger partial charge on any atom is -0.378 e. The van der Waals surface area contributed by atoms with Crippen LogP contribution in [0.1, 0.15) is 12.2 Å². The third kappa shape index (κ3) is 5.18. The summed E-state index contributed by atoms with van der Waals surface area (Å²) in [6, 6.07) is 1.71. The van der Waals surface area contributed by atoms with Gasteiger partial charge in [-0.3, -0.25) is 4.79 Å². The molecular weight excluding hydrogens is 289 g/mol. The molecule has 1 N–H and O–H groups in total. The summed E-state index contributed by atoms with van der Waals surface area (Å²) in [7, 11) is 0. The molecule has 0 spiro atoms. The summed E-state index contributed by atoms with van der Waals surface area (Å²) in [4.78, 5) is 21.3. The second-order valence-electron chi connectivity index (χ2n) is 4.50. The fraction of sp³-hybridized carbons (Fsp3) is 0.583. The average molecular weight is 304 g/mol. The van der Waals surface area contributed by atoms with Gasteiger partial charge in [-0.15, -0.1) is 0 Å². The molecule has 0 radical (unpaired) electrons. The Labute approximate surface area is 119 Å². The zero-order valence-electron chi connectivity index (χ0n) is 11.2. The Kier molecular flexibility index (Phi) is 4.94. The van der Waals surface area contributed by atoms with Gasteiger partial charge in [0.2, 0.25) is 5.91 Å². The van der Waals surface area contributed by atoms with Crippen LogP contribution in [0.5, 0.6) is 0 Å². The number of carbonyl (C=O) groups excluding carboxylic acids is 1. The summed E-state index contributed by atoms with van der Waals surface area (Å²) in [6.07, 6.45) is -4.50. The lowest BCUT2D eigenvalue weighted by Crippen LogP contribution is -2.37. The minimum absolute atomic E-state index is 0.132. The number of carbonyl (C=O) groups is 1. The molecule has 2 heterocycles. The fourth-order valence-corrected chi connectivity index (χ4v) is 1.86. The number of aromatic nitrogens is 2. The third-order valence-electron chi connectivity index (χ3n) is 2.83. The van der Waals surface area contributed by atoms with Gasteiger partial charge in [-0.25, -0.2) is 9.97 Å². The highest BCUT2D eigenvalue weighted by Crippen LogP contribution is 2.19.